The highest BCUT2D eigenvalue weighted by Gasteiger charge is 2.31. The summed E-state index contributed by atoms with van der Waals surface area (Å²) in [5, 5.41) is 11.4. The van der Waals surface area contributed by atoms with Crippen LogP contribution in [0.3, 0.4) is 0 Å². The van der Waals surface area contributed by atoms with E-state index in [9.17, 15) is 9.90 Å². The van der Waals surface area contributed by atoms with Crippen molar-refractivity contribution in [3.05, 3.63) is 64.3 Å². The largest absolute Gasteiger partial charge is 0.504 e. The molecule has 200 valence electrons. The van der Waals surface area contributed by atoms with Crippen LogP contribution in [0.5, 0.6) is 34.5 Å². The molecule has 0 atom stereocenters. The molecule has 5 aromatic rings. The summed E-state index contributed by atoms with van der Waals surface area (Å²) in [6.45, 7) is 0. The van der Waals surface area contributed by atoms with Gasteiger partial charge < -0.3 is 33.2 Å². The molecule has 0 spiro atoms. The Bertz CT molecular complexity index is 1830. The predicted octanol–water partition coefficient (Wildman–Crippen LogP) is 5.23. The average Bonchev–Trinajstić information content (AvgIpc) is 3.32. The van der Waals surface area contributed by atoms with Crippen molar-refractivity contribution in [2.45, 2.75) is 12.8 Å². The normalized spacial score (nSPS) is 12.2. The van der Waals surface area contributed by atoms with Gasteiger partial charge in [-0.1, -0.05) is 6.07 Å². The van der Waals surface area contributed by atoms with Crippen molar-refractivity contribution in [3.8, 4) is 56.8 Å². The van der Waals surface area contributed by atoms with E-state index in [2.05, 4.69) is 0 Å². The Kier molecular flexibility index (Phi) is 5.79. The van der Waals surface area contributed by atoms with Crippen molar-refractivity contribution in [1.82, 2.24) is 4.40 Å². The monoisotopic (exact) mass is 529 g/mol. The number of methoxy groups -OCH3 is 5. The van der Waals surface area contributed by atoms with Crippen LogP contribution >= 0.6 is 0 Å². The second-order valence-corrected chi connectivity index (χ2v) is 9.20. The number of aromatic nitrogens is 1. The van der Waals surface area contributed by atoms with Gasteiger partial charge in [0.05, 0.1) is 41.1 Å². The fraction of sp³-hybridized carbons (Fsp3) is 0.233. The molecule has 1 aliphatic carbocycles. The molecule has 1 N–H and O–H groups in total. The number of ether oxygens (including phenoxy) is 5. The average molecular weight is 530 g/mol. The zero-order valence-electron chi connectivity index (χ0n) is 22.2. The van der Waals surface area contributed by atoms with Crippen LogP contribution < -0.4 is 29.4 Å². The summed E-state index contributed by atoms with van der Waals surface area (Å²) in [5.41, 5.74) is 6.10. The van der Waals surface area contributed by atoms with Gasteiger partial charge in [-0.2, -0.15) is 0 Å². The maximum Gasteiger partial charge on any atom is 0.424 e. The first-order valence-electron chi connectivity index (χ1n) is 12.3. The van der Waals surface area contributed by atoms with Crippen molar-refractivity contribution in [3.63, 3.8) is 0 Å². The Labute approximate surface area is 223 Å². The fourth-order valence-electron chi connectivity index (χ4n) is 5.61. The van der Waals surface area contributed by atoms with E-state index in [0.717, 1.165) is 27.9 Å². The van der Waals surface area contributed by atoms with Crippen molar-refractivity contribution < 1.29 is 33.2 Å². The Balaban J connectivity index is 1.82. The molecule has 9 nitrogen and oxygen atoms in total. The Morgan fingerprint density at radius 3 is 2.05 bits per heavy atom. The molecule has 2 aromatic heterocycles. The minimum absolute atomic E-state index is 0.0158. The lowest BCUT2D eigenvalue weighted by Gasteiger charge is -2.21. The Morgan fingerprint density at radius 1 is 0.744 bits per heavy atom. The van der Waals surface area contributed by atoms with Gasteiger partial charge in [-0.25, -0.2) is 9.20 Å². The number of phenols is 1. The zero-order valence-corrected chi connectivity index (χ0v) is 22.2. The van der Waals surface area contributed by atoms with Gasteiger partial charge in [-0.3, -0.25) is 0 Å². The van der Waals surface area contributed by atoms with E-state index in [1.807, 2.05) is 18.2 Å². The maximum absolute atomic E-state index is 13.6. The molecular formula is C30H27NO8. The third-order valence-corrected chi connectivity index (χ3v) is 7.37. The molecule has 0 saturated heterocycles. The summed E-state index contributed by atoms with van der Waals surface area (Å²) in [6.07, 6.45) is 1.27. The quantitative estimate of drug-likeness (QED) is 0.319. The van der Waals surface area contributed by atoms with Gasteiger partial charge in [-0.05, 0) is 59.9 Å². The first kappa shape index (κ1) is 24.5. The van der Waals surface area contributed by atoms with E-state index in [1.54, 1.807) is 50.0 Å². The number of rotatable bonds is 6. The molecule has 0 amide bonds. The van der Waals surface area contributed by atoms with Gasteiger partial charge in [0.15, 0.2) is 34.5 Å². The van der Waals surface area contributed by atoms with E-state index >= 15 is 0 Å². The molecule has 39 heavy (non-hydrogen) atoms. The van der Waals surface area contributed by atoms with Crippen LogP contribution in [0, 0.1) is 0 Å². The zero-order chi connectivity index (χ0) is 27.4. The number of aromatic hydroxyl groups is 1. The summed E-state index contributed by atoms with van der Waals surface area (Å²) in [7, 11) is 7.78. The van der Waals surface area contributed by atoms with Crippen LogP contribution in [-0.4, -0.2) is 45.1 Å². The summed E-state index contributed by atoms with van der Waals surface area (Å²) >= 11 is 0. The lowest BCUT2D eigenvalue weighted by Crippen LogP contribution is -2.16. The molecule has 0 aliphatic heterocycles. The van der Waals surface area contributed by atoms with Gasteiger partial charge >= 0.3 is 5.76 Å². The summed E-state index contributed by atoms with van der Waals surface area (Å²) < 4.78 is 35.0. The highest BCUT2D eigenvalue weighted by Crippen LogP contribution is 2.50. The molecule has 0 radical (unpaired) electrons. The standard InChI is InChI=1S/C30H27NO8/c1-34-21-9-7-16(10-20(21)32)27-28-17-12-24(36-3)23(35-2)11-15(17)6-8-19(28)31-29(27)18-13-25(37-4)26(38-5)14-22(18)39-30(31)33/h7,9-14,32H,6,8H2,1-5H3. The number of nitrogens with zero attached hydrogens (tertiary/aromatic N) is 1. The molecule has 2 heterocycles. The second kappa shape index (κ2) is 9.20. The topological polar surface area (TPSA) is 101 Å². The first-order valence-corrected chi connectivity index (χ1v) is 12.3. The van der Waals surface area contributed by atoms with Crippen LogP contribution in [0.4, 0.5) is 0 Å². The van der Waals surface area contributed by atoms with Crippen molar-refractivity contribution in [2.75, 3.05) is 35.5 Å². The second-order valence-electron chi connectivity index (χ2n) is 9.20. The summed E-state index contributed by atoms with van der Waals surface area (Å²) in [6, 6.07) is 12.6. The van der Waals surface area contributed by atoms with Crippen molar-refractivity contribution in [1.29, 1.82) is 0 Å². The van der Waals surface area contributed by atoms with E-state index in [-0.39, 0.29) is 5.75 Å². The number of hydrogen-bond acceptors (Lipinski definition) is 8. The molecule has 0 saturated carbocycles. The molecule has 9 heteroatoms. The van der Waals surface area contributed by atoms with E-state index in [0.29, 0.717) is 63.6 Å². The minimum Gasteiger partial charge on any atom is -0.504 e. The number of phenolic OH excluding ortho intramolecular Hbond substituents is 1. The van der Waals surface area contributed by atoms with E-state index < -0.39 is 5.76 Å². The molecule has 6 rings (SSSR count). The van der Waals surface area contributed by atoms with E-state index in [1.165, 1.54) is 14.2 Å². The van der Waals surface area contributed by atoms with Gasteiger partial charge in [0, 0.05) is 28.3 Å². The van der Waals surface area contributed by atoms with Crippen LogP contribution in [0.2, 0.25) is 0 Å². The van der Waals surface area contributed by atoms with Crippen molar-refractivity contribution >= 4 is 16.5 Å². The minimum atomic E-state index is -0.520. The van der Waals surface area contributed by atoms with Gasteiger partial charge in [0.1, 0.15) is 5.58 Å². The molecule has 0 bridgehead atoms. The van der Waals surface area contributed by atoms with E-state index in [4.69, 9.17) is 28.1 Å². The molecule has 0 fully saturated rings. The Morgan fingerprint density at radius 2 is 1.38 bits per heavy atom. The SMILES string of the molecule is COc1ccc(-c2c3c(n4c(=O)oc5cc(OC)c(OC)cc5c24)CCc2cc(OC)c(OC)cc2-3)cc1O. The maximum atomic E-state index is 13.6. The highest BCUT2D eigenvalue weighted by atomic mass is 16.5. The number of hydrogen-bond donors (Lipinski definition) is 1. The number of aryl methyl sites for hydroxylation is 2. The summed E-state index contributed by atoms with van der Waals surface area (Å²) in [5.74, 6) is 1.96. The molecule has 3 aromatic carbocycles. The van der Waals surface area contributed by atoms with Gasteiger partial charge in [0.25, 0.3) is 0 Å². The Hall–Kier alpha value is -4.79. The first-order chi connectivity index (χ1) is 18.9. The summed E-state index contributed by atoms with van der Waals surface area (Å²) in [4.78, 5) is 13.6. The van der Waals surface area contributed by atoms with Gasteiger partial charge in [0.2, 0.25) is 0 Å². The van der Waals surface area contributed by atoms with Crippen LogP contribution in [0.1, 0.15) is 11.3 Å². The predicted molar refractivity (Wildman–Crippen MR) is 146 cm³/mol. The lowest BCUT2D eigenvalue weighted by molar-refractivity contribution is 0.354. The van der Waals surface area contributed by atoms with Gasteiger partial charge in [-0.15, -0.1) is 0 Å². The smallest absolute Gasteiger partial charge is 0.424 e. The van der Waals surface area contributed by atoms with Crippen LogP contribution in [0.15, 0.2) is 51.7 Å². The lowest BCUT2D eigenvalue weighted by atomic mass is 9.85. The third-order valence-electron chi connectivity index (χ3n) is 7.37. The third kappa shape index (κ3) is 3.57. The molecule has 0 unspecified atom stereocenters. The highest BCUT2D eigenvalue weighted by molar-refractivity contribution is 6.09. The number of fused-ring (bicyclic) bond motifs is 7. The molecular weight excluding hydrogens is 502 g/mol. The van der Waals surface area contributed by atoms with Crippen molar-refractivity contribution in [2.24, 2.45) is 0 Å². The molecule has 1 aliphatic rings. The van der Waals surface area contributed by atoms with Crippen LogP contribution in [0.25, 0.3) is 38.7 Å². The number of benzene rings is 3. The fourth-order valence-corrected chi connectivity index (χ4v) is 5.61. The van der Waals surface area contributed by atoms with Crippen LogP contribution in [-0.2, 0) is 12.8 Å².